The quantitative estimate of drug-likeness (QED) is 0.485. The standard InChI is InChI=1S/C20H21N5O4/c1-12-10-23-16-17(22(3)20(28)24(18(16)27)11-15(26)29-4)21-19(23)25(12)13(2)14-8-6-5-7-9-14/h5-10,13H,11H2,1-4H3. The van der Waals surface area contributed by atoms with Gasteiger partial charge in [-0.05, 0) is 19.4 Å². The van der Waals surface area contributed by atoms with Gasteiger partial charge in [-0.3, -0.25) is 18.6 Å². The van der Waals surface area contributed by atoms with Gasteiger partial charge in [0.05, 0.1) is 13.2 Å². The second-order valence-corrected chi connectivity index (χ2v) is 6.99. The molecule has 0 amide bonds. The molecule has 1 atom stereocenters. The Kier molecular flexibility index (Phi) is 4.37. The van der Waals surface area contributed by atoms with Crippen molar-refractivity contribution in [3.8, 4) is 0 Å². The molecule has 1 aromatic carbocycles. The Balaban J connectivity index is 2.02. The monoisotopic (exact) mass is 395 g/mol. The van der Waals surface area contributed by atoms with Crippen molar-refractivity contribution in [3.05, 3.63) is 68.6 Å². The van der Waals surface area contributed by atoms with E-state index in [0.717, 1.165) is 15.8 Å². The summed E-state index contributed by atoms with van der Waals surface area (Å²) < 4.78 is 10.5. The van der Waals surface area contributed by atoms with E-state index < -0.39 is 23.8 Å². The highest BCUT2D eigenvalue weighted by molar-refractivity contribution is 5.76. The summed E-state index contributed by atoms with van der Waals surface area (Å²) in [6, 6.07) is 9.93. The van der Waals surface area contributed by atoms with Crippen LogP contribution in [0.2, 0.25) is 0 Å². The van der Waals surface area contributed by atoms with E-state index >= 15 is 0 Å². The molecule has 4 rings (SSSR count). The Morgan fingerprint density at radius 1 is 1.21 bits per heavy atom. The minimum Gasteiger partial charge on any atom is -0.468 e. The van der Waals surface area contributed by atoms with Gasteiger partial charge in [0.15, 0.2) is 11.2 Å². The Morgan fingerprint density at radius 2 is 1.90 bits per heavy atom. The highest BCUT2D eigenvalue weighted by atomic mass is 16.5. The summed E-state index contributed by atoms with van der Waals surface area (Å²) in [4.78, 5) is 42.0. The van der Waals surface area contributed by atoms with Crippen LogP contribution in [0, 0.1) is 6.92 Å². The van der Waals surface area contributed by atoms with Gasteiger partial charge >= 0.3 is 11.7 Å². The zero-order chi connectivity index (χ0) is 20.9. The van der Waals surface area contributed by atoms with E-state index in [0.29, 0.717) is 5.78 Å². The van der Waals surface area contributed by atoms with E-state index in [2.05, 4.69) is 16.6 Å². The summed E-state index contributed by atoms with van der Waals surface area (Å²) >= 11 is 0. The van der Waals surface area contributed by atoms with E-state index in [1.165, 1.54) is 18.7 Å². The molecule has 29 heavy (non-hydrogen) atoms. The van der Waals surface area contributed by atoms with Crippen molar-refractivity contribution in [2.24, 2.45) is 7.05 Å². The molecule has 0 aliphatic heterocycles. The van der Waals surface area contributed by atoms with Crippen molar-refractivity contribution in [2.45, 2.75) is 26.4 Å². The summed E-state index contributed by atoms with van der Waals surface area (Å²) in [6.07, 6.45) is 1.82. The zero-order valence-corrected chi connectivity index (χ0v) is 16.6. The van der Waals surface area contributed by atoms with Gasteiger partial charge < -0.3 is 9.30 Å². The maximum atomic E-state index is 13.1. The number of benzene rings is 1. The van der Waals surface area contributed by atoms with Gasteiger partial charge in [0.25, 0.3) is 5.56 Å². The predicted octanol–water partition coefficient (Wildman–Crippen LogP) is 1.24. The number of hydrogen-bond acceptors (Lipinski definition) is 5. The molecule has 4 aromatic rings. The maximum absolute atomic E-state index is 13.1. The first-order chi connectivity index (χ1) is 13.8. The third kappa shape index (κ3) is 2.77. The van der Waals surface area contributed by atoms with Crippen LogP contribution < -0.4 is 11.2 Å². The van der Waals surface area contributed by atoms with Crippen molar-refractivity contribution in [3.63, 3.8) is 0 Å². The lowest BCUT2D eigenvalue weighted by molar-refractivity contribution is -0.141. The molecule has 0 spiro atoms. The molecule has 0 bridgehead atoms. The fourth-order valence-corrected chi connectivity index (χ4v) is 3.72. The van der Waals surface area contributed by atoms with Crippen LogP contribution in [0.1, 0.15) is 24.2 Å². The lowest BCUT2D eigenvalue weighted by Gasteiger charge is -2.16. The molecule has 0 aliphatic carbocycles. The number of methoxy groups -OCH3 is 1. The number of esters is 1. The first-order valence-electron chi connectivity index (χ1n) is 9.16. The molecule has 0 aliphatic rings. The third-order valence-corrected chi connectivity index (χ3v) is 5.25. The van der Waals surface area contributed by atoms with Gasteiger partial charge in [0.1, 0.15) is 6.54 Å². The van der Waals surface area contributed by atoms with Gasteiger partial charge in [-0.15, -0.1) is 0 Å². The Morgan fingerprint density at radius 3 is 2.55 bits per heavy atom. The van der Waals surface area contributed by atoms with Crippen LogP contribution in [0.25, 0.3) is 16.9 Å². The van der Waals surface area contributed by atoms with Crippen molar-refractivity contribution in [1.82, 2.24) is 23.1 Å². The van der Waals surface area contributed by atoms with Gasteiger partial charge in [0, 0.05) is 18.9 Å². The van der Waals surface area contributed by atoms with Crippen LogP contribution in [0.15, 0.2) is 46.1 Å². The minimum absolute atomic E-state index is 0.0279. The molecular formula is C20H21N5O4. The van der Waals surface area contributed by atoms with E-state index in [4.69, 9.17) is 0 Å². The highest BCUT2D eigenvalue weighted by Crippen LogP contribution is 2.25. The first-order valence-corrected chi connectivity index (χ1v) is 9.16. The first kappa shape index (κ1) is 18.7. The lowest BCUT2D eigenvalue weighted by atomic mass is 10.1. The topological polar surface area (TPSA) is 92.5 Å². The lowest BCUT2D eigenvalue weighted by Crippen LogP contribution is -2.41. The molecule has 0 radical (unpaired) electrons. The summed E-state index contributed by atoms with van der Waals surface area (Å²) in [5, 5.41) is 0. The molecule has 150 valence electrons. The SMILES string of the molecule is COC(=O)Cn1c(=O)c2c(nc3n(C(C)c4ccccc4)c(C)cn23)n(C)c1=O. The van der Waals surface area contributed by atoms with E-state index in [-0.39, 0.29) is 17.2 Å². The third-order valence-electron chi connectivity index (χ3n) is 5.25. The van der Waals surface area contributed by atoms with Crippen LogP contribution in [-0.4, -0.2) is 36.2 Å². The molecule has 3 heterocycles. The molecule has 3 aromatic heterocycles. The van der Waals surface area contributed by atoms with Gasteiger partial charge in [-0.25, -0.2) is 9.36 Å². The Bertz CT molecular complexity index is 1360. The zero-order valence-electron chi connectivity index (χ0n) is 16.6. The van der Waals surface area contributed by atoms with Crippen LogP contribution in [0.4, 0.5) is 0 Å². The molecular weight excluding hydrogens is 374 g/mol. The summed E-state index contributed by atoms with van der Waals surface area (Å²) in [5.41, 5.74) is 1.33. The number of carbonyl (C=O) groups is 1. The maximum Gasteiger partial charge on any atom is 0.333 e. The average Bonchev–Trinajstić information content (AvgIpc) is 3.24. The fraction of sp³-hybridized carbons (Fsp3) is 0.300. The average molecular weight is 395 g/mol. The Labute approximate surface area is 165 Å². The van der Waals surface area contributed by atoms with Crippen LogP contribution >= 0.6 is 0 Å². The Hall–Kier alpha value is -3.62. The fourth-order valence-electron chi connectivity index (χ4n) is 3.72. The van der Waals surface area contributed by atoms with Gasteiger partial charge in [-0.1, -0.05) is 30.3 Å². The second kappa shape index (κ2) is 6.77. The van der Waals surface area contributed by atoms with Crippen molar-refractivity contribution in [1.29, 1.82) is 0 Å². The number of nitrogens with zero attached hydrogens (tertiary/aromatic N) is 5. The predicted molar refractivity (Wildman–Crippen MR) is 107 cm³/mol. The van der Waals surface area contributed by atoms with Crippen LogP contribution in [-0.2, 0) is 23.1 Å². The number of carbonyl (C=O) groups excluding carboxylic acids is 1. The van der Waals surface area contributed by atoms with Crippen molar-refractivity contribution in [2.75, 3.05) is 7.11 Å². The number of aromatic nitrogens is 5. The van der Waals surface area contributed by atoms with Crippen LogP contribution in [0.5, 0.6) is 0 Å². The smallest absolute Gasteiger partial charge is 0.333 e. The number of ether oxygens (including phenoxy) is 1. The van der Waals surface area contributed by atoms with Crippen molar-refractivity contribution < 1.29 is 9.53 Å². The van der Waals surface area contributed by atoms with E-state index in [9.17, 15) is 14.4 Å². The van der Waals surface area contributed by atoms with Crippen molar-refractivity contribution >= 4 is 22.9 Å². The number of imidazole rings is 2. The molecule has 0 saturated heterocycles. The van der Waals surface area contributed by atoms with Crippen LogP contribution in [0.3, 0.4) is 0 Å². The molecule has 0 saturated carbocycles. The number of hydrogen-bond donors (Lipinski definition) is 0. The summed E-state index contributed by atoms with van der Waals surface area (Å²) in [7, 11) is 2.74. The largest absolute Gasteiger partial charge is 0.468 e. The molecule has 1 unspecified atom stereocenters. The van der Waals surface area contributed by atoms with E-state index in [1.54, 1.807) is 4.40 Å². The molecule has 9 nitrogen and oxygen atoms in total. The van der Waals surface area contributed by atoms with Gasteiger partial charge in [-0.2, -0.15) is 4.98 Å². The number of rotatable bonds is 4. The van der Waals surface area contributed by atoms with E-state index in [1.807, 2.05) is 48.0 Å². The van der Waals surface area contributed by atoms with Gasteiger partial charge in [0.2, 0.25) is 5.78 Å². The molecule has 9 heteroatoms. The summed E-state index contributed by atoms with van der Waals surface area (Å²) in [6.45, 7) is 3.54. The number of fused-ring (bicyclic) bond motifs is 3. The summed E-state index contributed by atoms with van der Waals surface area (Å²) in [5.74, 6) is -0.118. The minimum atomic E-state index is -0.671. The number of aryl methyl sites for hydroxylation is 2. The molecule has 0 fully saturated rings. The second-order valence-electron chi connectivity index (χ2n) is 6.99. The molecule has 0 N–H and O–H groups in total. The highest BCUT2D eigenvalue weighted by Gasteiger charge is 2.23. The normalized spacial score (nSPS) is 12.6.